The molecule has 2 aromatic carbocycles. The summed E-state index contributed by atoms with van der Waals surface area (Å²) in [6.07, 6.45) is -3.76. The van der Waals surface area contributed by atoms with Crippen molar-refractivity contribution in [3.05, 3.63) is 147 Å². The van der Waals surface area contributed by atoms with Crippen LogP contribution in [0.2, 0.25) is 0 Å². The maximum atomic E-state index is 15.5. The van der Waals surface area contributed by atoms with Crippen molar-refractivity contribution in [2.45, 2.75) is 109 Å². The molecule has 9 heterocycles. The van der Waals surface area contributed by atoms with Gasteiger partial charge in [0.2, 0.25) is 11.8 Å². The highest BCUT2D eigenvalue weighted by Gasteiger charge is 2.46. The number of rotatable bonds is 14. The number of nitrogens with two attached hydrogens (primary N) is 2. The van der Waals surface area contributed by atoms with Gasteiger partial charge in [0.15, 0.2) is 6.10 Å². The highest BCUT2D eigenvalue weighted by Crippen LogP contribution is 2.43. The molecule has 2 aliphatic rings. The van der Waals surface area contributed by atoms with Gasteiger partial charge in [-0.15, -0.1) is 68.0 Å². The maximum absolute atomic E-state index is 15.5. The Hall–Kier alpha value is -9.64. The molecule has 7 amide bonds. The van der Waals surface area contributed by atoms with Gasteiger partial charge in [-0.05, 0) is 69.5 Å². The minimum atomic E-state index is -1.40. The standard InChI is InChI=1S/C64H62N14O13S6/c1-29-44(80)23-78-50(29)61-75-43(28-96-61)58-71-39(24-93-58)48-35(18-19-36(68-48)57-72-40(25-94-57)52(66)83)56-73-41(26-92-56)53(84)69-37(22-45(65)81)59-77-47(30(2)97-59)55(86)76-49(51(33-11-8-7-9-12-33)90-63(88)67-20-10-13-46(82)91-64(4,5)6)60-74-42(27-95-60)54(85)70-38(62(78)87)21-32-14-16-34(17-15-32)89-31(3)79/h7-9,11-12,14-19,24-29,37-38,44,49-51,80H,10,13,20-23H2,1-6H3,(H2,65,81)(H2,66,83)(H,67,88)(H,69,84)(H,70,85)(H,76,86)/t29-,37-,38-,44-,49-,50-,51+/m0/s1. The number of amides is 7. The summed E-state index contributed by atoms with van der Waals surface area (Å²) < 4.78 is 16.9. The van der Waals surface area contributed by atoms with E-state index in [1.807, 2.05) is 0 Å². The lowest BCUT2D eigenvalue weighted by Crippen LogP contribution is -2.50. The van der Waals surface area contributed by atoms with E-state index in [9.17, 15) is 38.7 Å². The van der Waals surface area contributed by atoms with Crippen LogP contribution < -0.4 is 37.5 Å². The van der Waals surface area contributed by atoms with Gasteiger partial charge in [-0.2, -0.15) is 0 Å². The van der Waals surface area contributed by atoms with Gasteiger partial charge >= 0.3 is 18.0 Å². The Morgan fingerprint density at radius 2 is 1.35 bits per heavy atom. The molecule has 9 N–H and O–H groups in total. The van der Waals surface area contributed by atoms with Gasteiger partial charge in [-0.3, -0.25) is 38.4 Å². The molecule has 33 heteroatoms. The molecular formula is C64H62N14O13S6. The van der Waals surface area contributed by atoms with Crippen LogP contribution >= 0.6 is 68.0 Å². The van der Waals surface area contributed by atoms with Gasteiger partial charge in [-0.25, -0.2) is 39.7 Å². The van der Waals surface area contributed by atoms with Crippen LogP contribution in [0.1, 0.15) is 151 Å². The number of aliphatic hydroxyl groups excluding tert-OH is 1. The second-order valence-electron chi connectivity index (χ2n) is 23.5. The third-order valence-corrected chi connectivity index (χ3v) is 20.7. The van der Waals surface area contributed by atoms with E-state index in [2.05, 4.69) is 31.2 Å². The van der Waals surface area contributed by atoms with Crippen molar-refractivity contribution < 1.29 is 62.5 Å². The number of thiazole rings is 6. The minimum Gasteiger partial charge on any atom is -0.460 e. The van der Waals surface area contributed by atoms with Crippen molar-refractivity contribution in [3.63, 3.8) is 0 Å². The minimum absolute atomic E-state index is 0.0148. The molecule has 7 atom stereocenters. The van der Waals surface area contributed by atoms with Crippen LogP contribution in [0.5, 0.6) is 5.75 Å². The topological polar surface area (TPSA) is 395 Å². The van der Waals surface area contributed by atoms with Gasteiger partial charge in [0.1, 0.15) is 93.3 Å². The number of nitrogens with one attached hydrogen (secondary N) is 4. The number of primary amides is 2. The summed E-state index contributed by atoms with van der Waals surface area (Å²) in [4.78, 5) is 159. The van der Waals surface area contributed by atoms with E-state index in [0.29, 0.717) is 64.4 Å². The number of alkyl carbamates (subject to hydrolysis) is 1. The molecule has 97 heavy (non-hydrogen) atoms. The van der Waals surface area contributed by atoms with Gasteiger partial charge < -0.3 is 57.0 Å². The average Bonchev–Trinajstić information content (AvgIpc) is 1.81. The number of hydrogen-bond donors (Lipinski definition) is 7. The Bertz CT molecular complexity index is 4480. The summed E-state index contributed by atoms with van der Waals surface area (Å²) in [5, 5.41) is 32.8. The monoisotopic (exact) mass is 1430 g/mol. The Labute approximate surface area is 577 Å². The lowest BCUT2D eigenvalue weighted by Gasteiger charge is -2.29. The van der Waals surface area contributed by atoms with Crippen molar-refractivity contribution in [2.24, 2.45) is 17.4 Å². The van der Waals surface area contributed by atoms with Crippen molar-refractivity contribution >= 4 is 121 Å². The quantitative estimate of drug-likeness (QED) is 0.0305. The molecule has 0 spiro atoms. The van der Waals surface area contributed by atoms with E-state index in [0.717, 1.165) is 45.3 Å². The Morgan fingerprint density at radius 3 is 2.06 bits per heavy atom. The Morgan fingerprint density at radius 1 is 0.701 bits per heavy atom. The number of hydrogen-bond acceptors (Lipinski definition) is 26. The molecule has 10 bridgehead atoms. The predicted molar refractivity (Wildman–Crippen MR) is 361 cm³/mol. The molecule has 1 fully saturated rings. The van der Waals surface area contributed by atoms with Gasteiger partial charge in [0, 0.05) is 76.1 Å². The molecule has 502 valence electrons. The molecule has 0 radical (unpaired) electrons. The molecule has 0 saturated carbocycles. The van der Waals surface area contributed by atoms with E-state index in [1.54, 1.807) is 112 Å². The van der Waals surface area contributed by atoms with Crippen LogP contribution in [-0.4, -0.2) is 129 Å². The van der Waals surface area contributed by atoms with Gasteiger partial charge in [0.25, 0.3) is 23.6 Å². The summed E-state index contributed by atoms with van der Waals surface area (Å²) in [6, 6.07) is 13.5. The summed E-state index contributed by atoms with van der Waals surface area (Å²) in [6.45, 7) is 9.71. The third kappa shape index (κ3) is 16.3. The highest BCUT2D eigenvalue weighted by atomic mass is 32.1. The van der Waals surface area contributed by atoms with Crippen LogP contribution in [0.4, 0.5) is 4.79 Å². The Kier molecular flexibility index (Phi) is 20.8. The van der Waals surface area contributed by atoms with Crippen LogP contribution in [0.15, 0.2) is 93.6 Å². The first-order valence-electron chi connectivity index (χ1n) is 30.1. The number of aliphatic hydroxyl groups is 1. The molecule has 0 unspecified atom stereocenters. The fraction of sp³-hybridized carbons (Fsp3) is 0.312. The summed E-state index contributed by atoms with van der Waals surface area (Å²) >= 11 is 6.70. The van der Waals surface area contributed by atoms with Crippen LogP contribution in [0, 0.1) is 12.8 Å². The number of carbonyl (C=O) groups excluding carboxylic acids is 9. The van der Waals surface area contributed by atoms with E-state index in [4.69, 9.17) is 50.6 Å². The predicted octanol–water partition coefficient (Wildman–Crippen LogP) is 8.46. The van der Waals surface area contributed by atoms with Crippen molar-refractivity contribution in [2.75, 3.05) is 13.1 Å². The summed E-state index contributed by atoms with van der Waals surface area (Å²) in [5.41, 5.74) is 13.1. The summed E-state index contributed by atoms with van der Waals surface area (Å²) in [5.74, 6) is -5.84. The number of benzene rings is 2. The third-order valence-electron chi connectivity index (χ3n) is 15.2. The molecule has 7 aromatic heterocycles. The number of ether oxygens (including phenoxy) is 3. The van der Waals surface area contributed by atoms with Crippen LogP contribution in [0.25, 0.3) is 43.4 Å². The first-order chi connectivity index (χ1) is 46.3. The number of fused-ring (bicyclic) bond motifs is 16. The SMILES string of the molecule is CC(=O)Oc1ccc(C[C@@H]2NC(=O)c3csc(n3)[C@H]([C@H](OC(=O)NCCCC(=O)OC(C)(C)C)c3ccccc3)NC(=O)c3nc(sc3C)[C@H](CC(N)=O)NC(=O)c3csc(n3)-c3ccc(-c4nc(C(N)=O)cs4)nc3-c3csc(n3)-c3csc(n3)[C@@H]3[C@@H](C)[C@@H](O)CN3C2=O)cc1. The fourth-order valence-electron chi connectivity index (χ4n) is 10.6. The smallest absolute Gasteiger partial charge is 0.407 e. The molecule has 2 aliphatic heterocycles. The molecule has 1 saturated heterocycles. The first-order valence-corrected chi connectivity index (χ1v) is 35.3. The zero-order valence-electron chi connectivity index (χ0n) is 52.5. The lowest BCUT2D eigenvalue weighted by molar-refractivity contribution is -0.155. The average molecular weight is 1430 g/mol. The lowest BCUT2D eigenvalue weighted by atomic mass is 10.00. The number of esters is 2. The largest absolute Gasteiger partial charge is 0.460 e. The maximum Gasteiger partial charge on any atom is 0.407 e. The van der Waals surface area contributed by atoms with E-state index < -0.39 is 108 Å². The van der Waals surface area contributed by atoms with Crippen molar-refractivity contribution in [1.29, 1.82) is 0 Å². The second-order valence-corrected chi connectivity index (χ2v) is 29.1. The number of carbonyl (C=O) groups is 9. The Balaban J connectivity index is 1.01. The number of pyridine rings is 1. The number of aromatic nitrogens is 7. The molecular weight excluding hydrogens is 1370 g/mol. The highest BCUT2D eigenvalue weighted by molar-refractivity contribution is 7.15. The molecule has 0 aliphatic carbocycles. The number of aryl methyl sites for hydroxylation is 1. The zero-order chi connectivity index (χ0) is 69.0. The molecule has 9 aromatic rings. The zero-order valence-corrected chi connectivity index (χ0v) is 57.4. The van der Waals surface area contributed by atoms with E-state index >= 15 is 9.59 Å². The van der Waals surface area contributed by atoms with Crippen LogP contribution in [0.3, 0.4) is 0 Å². The first kappa shape index (κ1) is 68.7. The van der Waals surface area contributed by atoms with Crippen LogP contribution in [-0.2, 0) is 35.1 Å². The van der Waals surface area contributed by atoms with E-state index in [-0.39, 0.29) is 70.9 Å². The molecule has 27 nitrogen and oxygen atoms in total. The van der Waals surface area contributed by atoms with Gasteiger partial charge in [-0.1, -0.05) is 49.4 Å². The fourth-order valence-corrected chi connectivity index (χ4v) is 15.9. The van der Waals surface area contributed by atoms with Gasteiger partial charge in [0.05, 0.1) is 30.3 Å². The van der Waals surface area contributed by atoms with E-state index in [1.165, 1.54) is 50.6 Å². The van der Waals surface area contributed by atoms with Crippen molar-refractivity contribution in [3.8, 4) is 49.1 Å². The molecule has 11 rings (SSSR count). The number of nitrogens with zero attached hydrogens (tertiary/aromatic N) is 8. The second kappa shape index (κ2) is 29.4. The van der Waals surface area contributed by atoms with Crippen molar-refractivity contribution in [1.82, 2.24) is 61.1 Å². The summed E-state index contributed by atoms with van der Waals surface area (Å²) in [7, 11) is 0. The normalized spacial score (nSPS) is 18.6.